The zero-order valence-corrected chi connectivity index (χ0v) is 12.3. The third kappa shape index (κ3) is 5.07. The van der Waals surface area contributed by atoms with Crippen molar-refractivity contribution >= 4 is 0 Å². The lowest BCUT2D eigenvalue weighted by Gasteiger charge is -2.20. The Morgan fingerprint density at radius 1 is 1.23 bits per heavy atom. The summed E-state index contributed by atoms with van der Waals surface area (Å²) < 4.78 is 42.0. The van der Waals surface area contributed by atoms with Crippen LogP contribution in [0.4, 0.5) is 13.2 Å². The summed E-state index contributed by atoms with van der Waals surface area (Å²) >= 11 is 0. The van der Waals surface area contributed by atoms with Crippen molar-refractivity contribution in [3.05, 3.63) is 48.3 Å². The number of halogens is 3. The van der Waals surface area contributed by atoms with E-state index in [0.717, 1.165) is 5.56 Å². The van der Waals surface area contributed by atoms with E-state index in [1.807, 2.05) is 30.8 Å². The molecule has 1 heterocycles. The highest BCUT2D eigenvalue weighted by molar-refractivity contribution is 5.29. The van der Waals surface area contributed by atoms with Crippen LogP contribution in [0, 0.1) is 0 Å². The predicted molar refractivity (Wildman–Crippen MR) is 76.4 cm³/mol. The fourth-order valence-electron chi connectivity index (χ4n) is 2.22. The molecule has 1 aromatic heterocycles. The van der Waals surface area contributed by atoms with Crippen LogP contribution in [-0.2, 0) is 6.54 Å². The van der Waals surface area contributed by atoms with Crippen LogP contribution < -0.4 is 10.1 Å². The van der Waals surface area contributed by atoms with Crippen molar-refractivity contribution in [3.63, 3.8) is 0 Å². The van der Waals surface area contributed by atoms with Crippen LogP contribution in [0.1, 0.15) is 25.5 Å². The molecular formula is C15H18F3N3O. The number of ether oxygens (including phenoxy) is 1. The Balaban J connectivity index is 1.90. The van der Waals surface area contributed by atoms with Crippen LogP contribution in [0.25, 0.3) is 0 Å². The third-order valence-electron chi connectivity index (χ3n) is 3.17. The zero-order valence-electron chi connectivity index (χ0n) is 12.3. The number of benzene rings is 1. The van der Waals surface area contributed by atoms with E-state index in [-0.39, 0.29) is 17.8 Å². The first kappa shape index (κ1) is 16.4. The molecule has 0 aliphatic carbocycles. The summed E-state index contributed by atoms with van der Waals surface area (Å²) in [4.78, 5) is 0. The summed E-state index contributed by atoms with van der Waals surface area (Å²) in [5, 5.41) is 7.51. The summed E-state index contributed by atoms with van der Waals surface area (Å²) in [5.74, 6) is -0.215. The van der Waals surface area contributed by atoms with Gasteiger partial charge in [-0.3, -0.25) is 4.68 Å². The minimum atomic E-state index is -4.66. The molecule has 0 spiro atoms. The average molecular weight is 313 g/mol. The van der Waals surface area contributed by atoms with Crippen molar-refractivity contribution in [1.29, 1.82) is 0 Å². The molecule has 0 fully saturated rings. The summed E-state index contributed by atoms with van der Waals surface area (Å²) in [7, 11) is 0. The molecule has 0 aliphatic rings. The molecule has 2 unspecified atom stereocenters. The number of aromatic nitrogens is 2. The Labute approximate surface area is 126 Å². The van der Waals surface area contributed by atoms with E-state index in [1.54, 1.807) is 18.3 Å². The van der Waals surface area contributed by atoms with Crippen molar-refractivity contribution in [1.82, 2.24) is 15.1 Å². The molecule has 4 nitrogen and oxygen atoms in total. The second-order valence-electron chi connectivity index (χ2n) is 5.13. The maximum Gasteiger partial charge on any atom is 0.573 e. The molecule has 2 rings (SSSR count). The first-order valence-electron chi connectivity index (χ1n) is 6.92. The van der Waals surface area contributed by atoms with Crippen LogP contribution in [0.15, 0.2) is 42.7 Å². The van der Waals surface area contributed by atoms with Gasteiger partial charge >= 0.3 is 6.36 Å². The Morgan fingerprint density at radius 2 is 1.91 bits per heavy atom. The van der Waals surface area contributed by atoms with Gasteiger partial charge in [-0.1, -0.05) is 12.1 Å². The topological polar surface area (TPSA) is 39.1 Å². The lowest BCUT2D eigenvalue weighted by molar-refractivity contribution is -0.274. The van der Waals surface area contributed by atoms with Gasteiger partial charge in [-0.2, -0.15) is 5.10 Å². The fourth-order valence-corrected chi connectivity index (χ4v) is 2.22. The largest absolute Gasteiger partial charge is 0.573 e. The van der Waals surface area contributed by atoms with Crippen LogP contribution >= 0.6 is 0 Å². The molecule has 2 atom stereocenters. The molecular weight excluding hydrogens is 295 g/mol. The quantitative estimate of drug-likeness (QED) is 0.887. The van der Waals surface area contributed by atoms with Gasteiger partial charge in [0.15, 0.2) is 0 Å². The van der Waals surface area contributed by atoms with Gasteiger partial charge in [0.05, 0.1) is 6.54 Å². The first-order valence-corrected chi connectivity index (χ1v) is 6.92. The van der Waals surface area contributed by atoms with Crippen molar-refractivity contribution in [3.8, 4) is 5.75 Å². The molecule has 0 radical (unpaired) electrons. The van der Waals surface area contributed by atoms with Crippen LogP contribution in [0.5, 0.6) is 5.75 Å². The Bertz CT molecular complexity index is 567. The van der Waals surface area contributed by atoms with E-state index in [0.29, 0.717) is 6.54 Å². The molecule has 0 bridgehead atoms. The molecule has 120 valence electrons. The van der Waals surface area contributed by atoms with E-state index >= 15 is 0 Å². The highest BCUT2D eigenvalue weighted by Gasteiger charge is 2.31. The number of hydrogen-bond donors (Lipinski definition) is 1. The molecule has 0 aliphatic heterocycles. The Hall–Kier alpha value is -2.02. The maximum absolute atomic E-state index is 12.1. The predicted octanol–water partition coefficient (Wildman–Crippen LogP) is 3.52. The highest BCUT2D eigenvalue weighted by atomic mass is 19.4. The van der Waals surface area contributed by atoms with Crippen LogP contribution in [0.2, 0.25) is 0 Å². The second kappa shape index (κ2) is 6.83. The van der Waals surface area contributed by atoms with Gasteiger partial charge in [-0.25, -0.2) is 0 Å². The molecule has 2 aromatic rings. The lowest BCUT2D eigenvalue weighted by Crippen LogP contribution is -2.32. The van der Waals surface area contributed by atoms with E-state index in [1.165, 1.54) is 12.1 Å². The number of hydrogen-bond acceptors (Lipinski definition) is 3. The van der Waals surface area contributed by atoms with Crippen LogP contribution in [0.3, 0.4) is 0 Å². The molecule has 0 amide bonds. The molecule has 22 heavy (non-hydrogen) atoms. The highest BCUT2D eigenvalue weighted by Crippen LogP contribution is 2.24. The number of rotatable bonds is 6. The van der Waals surface area contributed by atoms with E-state index < -0.39 is 6.36 Å². The van der Waals surface area contributed by atoms with Crippen molar-refractivity contribution in [2.24, 2.45) is 0 Å². The van der Waals surface area contributed by atoms with Gasteiger partial charge in [0, 0.05) is 24.5 Å². The standard InChI is InChI=1S/C15H18F3N3O/c1-11(10-21-9-3-8-19-21)20-12(2)13-4-6-14(7-5-13)22-15(16,17)18/h3-9,11-12,20H,10H2,1-2H3. The zero-order chi connectivity index (χ0) is 16.2. The van der Waals surface area contributed by atoms with Gasteiger partial charge in [-0.15, -0.1) is 13.2 Å². The number of alkyl halides is 3. The van der Waals surface area contributed by atoms with Crippen LogP contribution in [-0.4, -0.2) is 22.2 Å². The van der Waals surface area contributed by atoms with Gasteiger partial charge in [0.2, 0.25) is 0 Å². The minimum Gasteiger partial charge on any atom is -0.406 e. The molecule has 0 saturated carbocycles. The van der Waals surface area contributed by atoms with E-state index in [9.17, 15) is 13.2 Å². The minimum absolute atomic E-state index is 0.00509. The summed E-state index contributed by atoms with van der Waals surface area (Å²) in [6, 6.07) is 7.92. The molecule has 1 aromatic carbocycles. The lowest BCUT2D eigenvalue weighted by atomic mass is 10.1. The Kier molecular flexibility index (Phi) is 5.07. The maximum atomic E-state index is 12.1. The van der Waals surface area contributed by atoms with Crippen molar-refractivity contribution < 1.29 is 17.9 Å². The number of nitrogens with one attached hydrogen (secondary N) is 1. The molecule has 1 N–H and O–H groups in total. The fraction of sp³-hybridized carbons (Fsp3) is 0.400. The average Bonchev–Trinajstić information content (AvgIpc) is 2.90. The summed E-state index contributed by atoms with van der Waals surface area (Å²) in [6.45, 7) is 4.70. The van der Waals surface area contributed by atoms with Gasteiger partial charge < -0.3 is 10.1 Å². The SMILES string of the molecule is CC(Cn1cccn1)NC(C)c1ccc(OC(F)(F)F)cc1. The Morgan fingerprint density at radius 3 is 2.45 bits per heavy atom. The van der Waals surface area contributed by atoms with Crippen molar-refractivity contribution in [2.45, 2.75) is 38.8 Å². The van der Waals surface area contributed by atoms with Gasteiger partial charge in [0.1, 0.15) is 5.75 Å². The first-order chi connectivity index (χ1) is 10.3. The number of nitrogens with zero attached hydrogens (tertiary/aromatic N) is 2. The van der Waals surface area contributed by atoms with E-state index in [4.69, 9.17) is 0 Å². The van der Waals surface area contributed by atoms with Gasteiger partial charge in [0.25, 0.3) is 0 Å². The van der Waals surface area contributed by atoms with Crippen molar-refractivity contribution in [2.75, 3.05) is 0 Å². The van der Waals surface area contributed by atoms with Gasteiger partial charge in [-0.05, 0) is 37.6 Å². The third-order valence-corrected chi connectivity index (χ3v) is 3.17. The summed E-state index contributed by atoms with van der Waals surface area (Å²) in [5.41, 5.74) is 0.891. The smallest absolute Gasteiger partial charge is 0.406 e. The summed E-state index contributed by atoms with van der Waals surface area (Å²) in [6.07, 6.45) is -1.06. The normalized spacial score (nSPS) is 14.6. The molecule has 0 saturated heterocycles. The molecule has 7 heteroatoms. The second-order valence-corrected chi connectivity index (χ2v) is 5.13. The van der Waals surface area contributed by atoms with E-state index in [2.05, 4.69) is 15.2 Å². The monoisotopic (exact) mass is 313 g/mol.